The van der Waals surface area contributed by atoms with E-state index in [1.165, 1.54) is 20.3 Å². The van der Waals surface area contributed by atoms with Gasteiger partial charge in [0.2, 0.25) is 0 Å². The molecule has 3 rings (SSSR count). The van der Waals surface area contributed by atoms with E-state index >= 15 is 0 Å². The zero-order chi connectivity index (χ0) is 18.7. The zero-order valence-electron chi connectivity index (χ0n) is 14.6. The van der Waals surface area contributed by atoms with Crippen LogP contribution >= 0.6 is 0 Å². The van der Waals surface area contributed by atoms with Crippen LogP contribution in [0.1, 0.15) is 31.8 Å². The first kappa shape index (κ1) is 17.7. The molecule has 0 fully saturated rings. The first-order chi connectivity index (χ1) is 12.5. The van der Waals surface area contributed by atoms with Crippen LogP contribution in [-0.4, -0.2) is 37.9 Å². The average Bonchev–Trinajstić information content (AvgIpc) is 3.05. The van der Waals surface area contributed by atoms with E-state index in [0.29, 0.717) is 24.9 Å². The third kappa shape index (κ3) is 3.06. The van der Waals surface area contributed by atoms with Crippen molar-refractivity contribution >= 4 is 18.2 Å². The molecular weight excluding hydrogens is 334 g/mol. The second-order valence-electron chi connectivity index (χ2n) is 6.22. The molecule has 2 aromatic rings. The summed E-state index contributed by atoms with van der Waals surface area (Å²) in [6.07, 6.45) is 1.34. The smallest absolute Gasteiger partial charge is 0.332 e. The summed E-state index contributed by atoms with van der Waals surface area (Å²) in [5, 5.41) is 2.82. The number of fused-ring (bicyclic) bond motifs is 1. The molecule has 0 radical (unpaired) electrons. The van der Waals surface area contributed by atoms with Crippen molar-refractivity contribution in [2.24, 2.45) is 0 Å². The first-order valence-electron chi connectivity index (χ1n) is 8.14. The predicted octanol–water partition coefficient (Wildman–Crippen LogP) is 1.95. The summed E-state index contributed by atoms with van der Waals surface area (Å²) in [6.45, 7) is 0. The predicted molar refractivity (Wildman–Crippen MR) is 94.4 cm³/mol. The minimum absolute atomic E-state index is 0.266. The summed E-state index contributed by atoms with van der Waals surface area (Å²) >= 11 is 0. The molecule has 0 aliphatic heterocycles. The monoisotopic (exact) mass is 353 g/mol. The third-order valence-corrected chi connectivity index (χ3v) is 4.65. The molecule has 0 saturated heterocycles. The molecule has 26 heavy (non-hydrogen) atoms. The minimum atomic E-state index is -1.16. The number of carbonyl (C=O) groups is 3. The average molecular weight is 353 g/mol. The van der Waals surface area contributed by atoms with Crippen molar-refractivity contribution in [3.63, 3.8) is 0 Å². The van der Waals surface area contributed by atoms with E-state index in [1.807, 2.05) is 24.3 Å². The van der Waals surface area contributed by atoms with Gasteiger partial charge in [-0.25, -0.2) is 4.79 Å². The van der Waals surface area contributed by atoms with Crippen molar-refractivity contribution in [2.45, 2.75) is 18.4 Å². The lowest BCUT2D eigenvalue weighted by Crippen LogP contribution is -2.56. The maximum atomic E-state index is 12.8. The summed E-state index contributed by atoms with van der Waals surface area (Å²) in [7, 11) is 2.75. The molecule has 6 nitrogen and oxygen atoms in total. The highest BCUT2D eigenvalue weighted by Crippen LogP contribution is 2.31. The van der Waals surface area contributed by atoms with Crippen molar-refractivity contribution in [1.82, 2.24) is 5.32 Å². The Hall–Kier alpha value is -3.15. The van der Waals surface area contributed by atoms with Crippen LogP contribution in [0.15, 0.2) is 42.5 Å². The number of aldehydes is 1. The lowest BCUT2D eigenvalue weighted by Gasteiger charge is -2.27. The maximum absolute atomic E-state index is 12.8. The van der Waals surface area contributed by atoms with Gasteiger partial charge in [-0.05, 0) is 29.3 Å². The van der Waals surface area contributed by atoms with E-state index < -0.39 is 17.4 Å². The van der Waals surface area contributed by atoms with Gasteiger partial charge in [-0.1, -0.05) is 24.3 Å². The number of carbonyl (C=O) groups excluding carboxylic acids is 3. The summed E-state index contributed by atoms with van der Waals surface area (Å²) in [5.41, 5.74) is 1.38. The van der Waals surface area contributed by atoms with Crippen LogP contribution in [0, 0.1) is 0 Å². The Morgan fingerprint density at radius 1 is 1.08 bits per heavy atom. The zero-order valence-corrected chi connectivity index (χ0v) is 14.6. The fourth-order valence-electron chi connectivity index (χ4n) is 3.35. The van der Waals surface area contributed by atoms with E-state index in [1.54, 1.807) is 12.1 Å². The van der Waals surface area contributed by atoms with Gasteiger partial charge < -0.3 is 14.8 Å². The molecular formula is C20H19NO5. The van der Waals surface area contributed by atoms with Crippen LogP contribution < -0.4 is 10.1 Å². The Labute approximate surface area is 151 Å². The van der Waals surface area contributed by atoms with E-state index in [9.17, 15) is 14.4 Å². The number of hydrogen-bond acceptors (Lipinski definition) is 5. The number of nitrogens with one attached hydrogen (secondary N) is 1. The van der Waals surface area contributed by atoms with Gasteiger partial charge in [0.25, 0.3) is 5.91 Å². The largest absolute Gasteiger partial charge is 0.496 e. The number of amides is 1. The Balaban J connectivity index is 1.90. The fourth-order valence-corrected chi connectivity index (χ4v) is 3.35. The van der Waals surface area contributed by atoms with Gasteiger partial charge in [0.1, 0.15) is 11.3 Å². The number of ether oxygens (including phenoxy) is 2. The molecule has 6 heteroatoms. The molecule has 1 amide bonds. The fraction of sp³-hybridized carbons (Fsp3) is 0.250. The summed E-state index contributed by atoms with van der Waals surface area (Å²) < 4.78 is 10.0. The Kier molecular flexibility index (Phi) is 4.75. The van der Waals surface area contributed by atoms with Gasteiger partial charge in [0.05, 0.1) is 19.8 Å². The second-order valence-corrected chi connectivity index (χ2v) is 6.22. The van der Waals surface area contributed by atoms with Gasteiger partial charge >= 0.3 is 5.97 Å². The van der Waals surface area contributed by atoms with E-state index in [0.717, 1.165) is 11.1 Å². The quantitative estimate of drug-likeness (QED) is 0.656. The lowest BCUT2D eigenvalue weighted by molar-refractivity contribution is -0.147. The SMILES string of the molecule is COC(=O)C1(NC(=O)c2ccc(OC)c(C=O)c2)Cc2ccccc2C1. The molecule has 0 unspecified atom stereocenters. The maximum Gasteiger partial charge on any atom is 0.332 e. The van der Waals surface area contributed by atoms with Gasteiger partial charge in [0, 0.05) is 18.4 Å². The number of benzene rings is 2. The van der Waals surface area contributed by atoms with Gasteiger partial charge in [-0.2, -0.15) is 0 Å². The lowest BCUT2D eigenvalue weighted by atomic mass is 9.94. The summed E-state index contributed by atoms with van der Waals surface area (Å²) in [5.74, 6) is -0.562. The standard InChI is InChI=1S/C20H19NO5/c1-25-17-8-7-13(9-16(17)12-22)18(23)21-20(19(24)26-2)10-14-5-3-4-6-15(14)11-20/h3-9,12H,10-11H2,1-2H3,(H,21,23). The second kappa shape index (κ2) is 7.00. The van der Waals surface area contributed by atoms with Crippen molar-refractivity contribution in [3.8, 4) is 5.75 Å². The molecule has 0 atom stereocenters. The molecule has 0 saturated carbocycles. The number of rotatable bonds is 5. The summed E-state index contributed by atoms with van der Waals surface area (Å²) in [6, 6.07) is 12.2. The van der Waals surface area contributed by atoms with E-state index in [2.05, 4.69) is 5.32 Å². The highest BCUT2D eigenvalue weighted by Gasteiger charge is 2.46. The van der Waals surface area contributed by atoms with Crippen molar-refractivity contribution in [3.05, 3.63) is 64.7 Å². The number of esters is 1. The molecule has 0 bridgehead atoms. The van der Waals surface area contributed by atoms with Crippen molar-refractivity contribution in [2.75, 3.05) is 14.2 Å². The Morgan fingerprint density at radius 2 is 1.73 bits per heavy atom. The van der Waals surface area contributed by atoms with Crippen molar-refractivity contribution < 1.29 is 23.9 Å². The van der Waals surface area contributed by atoms with Crippen LogP contribution in [0.4, 0.5) is 0 Å². The molecule has 0 aromatic heterocycles. The van der Waals surface area contributed by atoms with Gasteiger partial charge in [0.15, 0.2) is 6.29 Å². The van der Waals surface area contributed by atoms with Gasteiger partial charge in [-0.15, -0.1) is 0 Å². The molecule has 1 N–H and O–H groups in total. The highest BCUT2D eigenvalue weighted by atomic mass is 16.5. The topological polar surface area (TPSA) is 81.7 Å². The van der Waals surface area contributed by atoms with Crippen LogP contribution in [0.5, 0.6) is 5.75 Å². The Bertz CT molecular complexity index is 849. The van der Waals surface area contributed by atoms with Crippen LogP contribution in [0.3, 0.4) is 0 Å². The highest BCUT2D eigenvalue weighted by molar-refractivity contribution is 6.00. The van der Waals surface area contributed by atoms with Gasteiger partial charge in [-0.3, -0.25) is 9.59 Å². The minimum Gasteiger partial charge on any atom is -0.496 e. The first-order valence-corrected chi connectivity index (χ1v) is 8.14. The van der Waals surface area contributed by atoms with Crippen LogP contribution in [-0.2, 0) is 22.4 Å². The van der Waals surface area contributed by atoms with Crippen LogP contribution in [0.25, 0.3) is 0 Å². The van der Waals surface area contributed by atoms with Crippen molar-refractivity contribution in [1.29, 1.82) is 0 Å². The normalized spacial score (nSPS) is 14.2. The number of hydrogen-bond donors (Lipinski definition) is 1. The van der Waals surface area contributed by atoms with E-state index in [4.69, 9.17) is 9.47 Å². The van der Waals surface area contributed by atoms with Crippen LogP contribution in [0.2, 0.25) is 0 Å². The third-order valence-electron chi connectivity index (χ3n) is 4.65. The molecule has 134 valence electrons. The number of methoxy groups -OCH3 is 2. The summed E-state index contributed by atoms with van der Waals surface area (Å²) in [4.78, 5) is 36.4. The van der Waals surface area contributed by atoms with E-state index in [-0.39, 0.29) is 11.1 Å². The molecule has 0 spiro atoms. The molecule has 1 aliphatic carbocycles. The Morgan fingerprint density at radius 3 is 2.27 bits per heavy atom. The molecule has 0 heterocycles. The molecule has 1 aliphatic rings. The molecule has 2 aromatic carbocycles.